The van der Waals surface area contributed by atoms with Crippen LogP contribution in [0.4, 0.5) is 8.78 Å². The zero-order chi connectivity index (χ0) is 15.6. The highest BCUT2D eigenvalue weighted by Crippen LogP contribution is 2.39. The third-order valence-corrected chi connectivity index (χ3v) is 2.95. The number of hydrogen-bond donors (Lipinski definition) is 1. The summed E-state index contributed by atoms with van der Waals surface area (Å²) >= 11 is 0. The van der Waals surface area contributed by atoms with Gasteiger partial charge in [-0.05, 0) is 13.0 Å². The largest absolute Gasteiger partial charge is 0.454 e. The normalized spacial score (nSPS) is 14.2. The molecule has 0 unspecified atom stereocenters. The molecule has 0 spiro atoms. The van der Waals surface area contributed by atoms with Gasteiger partial charge >= 0.3 is 6.61 Å². The number of fused-ring (bicyclic) bond motifs is 1. The second-order valence-electron chi connectivity index (χ2n) is 4.67. The number of nitrogens with zero attached hydrogens (tertiary/aromatic N) is 1. The van der Waals surface area contributed by atoms with Crippen molar-refractivity contribution >= 4 is 5.91 Å². The molecule has 0 saturated carbocycles. The van der Waals surface area contributed by atoms with Crippen molar-refractivity contribution in [3.05, 3.63) is 17.7 Å². The van der Waals surface area contributed by atoms with Crippen LogP contribution in [0.25, 0.3) is 0 Å². The number of ether oxygens (including phenoxy) is 3. The van der Waals surface area contributed by atoms with E-state index in [1.165, 1.54) is 24.1 Å². The average molecular weight is 302 g/mol. The molecule has 1 aliphatic rings. The lowest BCUT2D eigenvalue weighted by molar-refractivity contribution is -0.131. The molecule has 1 aromatic rings. The Hall–Kier alpha value is -2.09. The molecule has 116 valence electrons. The van der Waals surface area contributed by atoms with Gasteiger partial charge in [0.05, 0.1) is 6.04 Å². The van der Waals surface area contributed by atoms with Crippen molar-refractivity contribution in [1.29, 1.82) is 0 Å². The molecule has 0 saturated heterocycles. The zero-order valence-corrected chi connectivity index (χ0v) is 11.6. The monoisotopic (exact) mass is 302 g/mol. The van der Waals surface area contributed by atoms with Crippen molar-refractivity contribution in [2.24, 2.45) is 5.73 Å². The second kappa shape index (κ2) is 6.13. The van der Waals surface area contributed by atoms with Crippen molar-refractivity contribution < 1.29 is 27.8 Å². The van der Waals surface area contributed by atoms with Crippen LogP contribution in [0.5, 0.6) is 17.2 Å². The summed E-state index contributed by atoms with van der Waals surface area (Å²) in [5.74, 6) is 0.387. The summed E-state index contributed by atoms with van der Waals surface area (Å²) in [6.07, 6.45) is 0. The van der Waals surface area contributed by atoms with E-state index in [-0.39, 0.29) is 25.0 Å². The van der Waals surface area contributed by atoms with Gasteiger partial charge in [0.15, 0.2) is 11.5 Å². The molecular weight excluding hydrogens is 286 g/mol. The highest BCUT2D eigenvalue weighted by Gasteiger charge is 2.22. The molecule has 8 heteroatoms. The topological polar surface area (TPSA) is 74.0 Å². The van der Waals surface area contributed by atoms with E-state index in [1.54, 1.807) is 6.92 Å². The predicted octanol–water partition coefficient (Wildman–Crippen LogP) is 1.32. The fraction of sp³-hybridized carbons (Fsp3) is 0.462. The number of alkyl halides is 2. The minimum absolute atomic E-state index is 0.0154. The Balaban J connectivity index is 2.26. The molecule has 1 heterocycles. The maximum absolute atomic E-state index is 12.5. The fourth-order valence-electron chi connectivity index (χ4n) is 1.98. The van der Waals surface area contributed by atoms with Crippen LogP contribution in [0.1, 0.15) is 12.5 Å². The summed E-state index contributed by atoms with van der Waals surface area (Å²) < 4.78 is 39.8. The smallest absolute Gasteiger partial charge is 0.387 e. The summed E-state index contributed by atoms with van der Waals surface area (Å²) in [6.45, 7) is -1.34. The number of halogens is 2. The first kappa shape index (κ1) is 15.3. The summed E-state index contributed by atoms with van der Waals surface area (Å²) in [5.41, 5.74) is 5.90. The van der Waals surface area contributed by atoms with Gasteiger partial charge < -0.3 is 24.8 Å². The fourth-order valence-corrected chi connectivity index (χ4v) is 1.98. The van der Waals surface area contributed by atoms with E-state index in [0.717, 1.165) is 0 Å². The highest BCUT2D eigenvalue weighted by atomic mass is 19.3. The first-order valence-corrected chi connectivity index (χ1v) is 6.26. The number of benzene rings is 1. The van der Waals surface area contributed by atoms with Gasteiger partial charge in [0.1, 0.15) is 5.75 Å². The zero-order valence-electron chi connectivity index (χ0n) is 11.6. The van der Waals surface area contributed by atoms with Gasteiger partial charge in [0.25, 0.3) is 0 Å². The van der Waals surface area contributed by atoms with E-state index < -0.39 is 12.7 Å². The van der Waals surface area contributed by atoms with Crippen LogP contribution in [0.2, 0.25) is 0 Å². The average Bonchev–Trinajstić information content (AvgIpc) is 2.84. The van der Waals surface area contributed by atoms with Crippen molar-refractivity contribution in [2.45, 2.75) is 26.1 Å². The van der Waals surface area contributed by atoms with Crippen LogP contribution < -0.4 is 19.9 Å². The minimum atomic E-state index is -2.97. The molecule has 0 radical (unpaired) electrons. The maximum atomic E-state index is 12.5. The maximum Gasteiger partial charge on any atom is 0.387 e. The summed E-state index contributed by atoms with van der Waals surface area (Å²) in [7, 11) is 1.53. The van der Waals surface area contributed by atoms with Crippen LogP contribution in [-0.2, 0) is 11.3 Å². The first-order valence-electron chi connectivity index (χ1n) is 6.26. The second-order valence-corrected chi connectivity index (χ2v) is 4.67. The Morgan fingerprint density at radius 1 is 1.43 bits per heavy atom. The number of carbonyl (C=O) groups is 1. The number of rotatable bonds is 5. The lowest BCUT2D eigenvalue weighted by atomic mass is 10.1. The van der Waals surface area contributed by atoms with E-state index in [1.807, 2.05) is 0 Å². The van der Waals surface area contributed by atoms with Gasteiger partial charge in [-0.25, -0.2) is 0 Å². The molecular formula is C13H16F2N2O4. The van der Waals surface area contributed by atoms with Crippen molar-refractivity contribution in [1.82, 2.24) is 4.90 Å². The molecule has 2 rings (SSSR count). The molecule has 0 bridgehead atoms. The number of hydrogen-bond acceptors (Lipinski definition) is 5. The van der Waals surface area contributed by atoms with Gasteiger partial charge in [-0.15, -0.1) is 0 Å². The molecule has 6 nitrogen and oxygen atoms in total. The molecule has 1 aliphatic heterocycles. The Morgan fingerprint density at radius 2 is 2.05 bits per heavy atom. The van der Waals surface area contributed by atoms with Crippen LogP contribution in [0, 0.1) is 0 Å². The van der Waals surface area contributed by atoms with Crippen LogP contribution in [0.3, 0.4) is 0 Å². The van der Waals surface area contributed by atoms with Crippen molar-refractivity contribution in [3.8, 4) is 17.2 Å². The molecule has 1 aromatic carbocycles. The standard InChI is InChI=1S/C13H16F2N2O4/c1-7(16)12(18)17(2)5-8-3-10-11(20-6-19-10)4-9(8)21-13(14)15/h3-4,7,13H,5-6,16H2,1-2H3/t7-/m1/s1. The van der Waals surface area contributed by atoms with Crippen LogP contribution in [-0.4, -0.2) is 37.3 Å². The van der Waals surface area contributed by atoms with Crippen molar-refractivity contribution in [2.75, 3.05) is 13.8 Å². The van der Waals surface area contributed by atoms with Gasteiger partial charge in [-0.2, -0.15) is 8.78 Å². The summed E-state index contributed by atoms with van der Waals surface area (Å²) in [4.78, 5) is 13.1. The Bertz CT molecular complexity index is 537. The Kier molecular flexibility index (Phi) is 4.46. The van der Waals surface area contributed by atoms with Crippen LogP contribution >= 0.6 is 0 Å². The van der Waals surface area contributed by atoms with E-state index >= 15 is 0 Å². The van der Waals surface area contributed by atoms with E-state index in [9.17, 15) is 13.6 Å². The molecule has 1 atom stereocenters. The molecule has 0 aromatic heterocycles. The molecule has 0 fully saturated rings. The van der Waals surface area contributed by atoms with Crippen molar-refractivity contribution in [3.63, 3.8) is 0 Å². The molecule has 21 heavy (non-hydrogen) atoms. The number of nitrogens with two attached hydrogens (primary N) is 1. The van der Waals surface area contributed by atoms with Gasteiger partial charge in [-0.1, -0.05) is 0 Å². The molecule has 2 N–H and O–H groups in total. The van der Waals surface area contributed by atoms with Gasteiger partial charge in [0.2, 0.25) is 12.7 Å². The summed E-state index contributed by atoms with van der Waals surface area (Å²) in [5, 5.41) is 0. The number of carbonyl (C=O) groups excluding carboxylic acids is 1. The Morgan fingerprint density at radius 3 is 2.62 bits per heavy atom. The third-order valence-electron chi connectivity index (χ3n) is 2.95. The molecule has 1 amide bonds. The van der Waals surface area contributed by atoms with E-state index in [0.29, 0.717) is 17.1 Å². The number of amides is 1. The van der Waals surface area contributed by atoms with E-state index in [4.69, 9.17) is 15.2 Å². The predicted molar refractivity (Wildman–Crippen MR) is 69.3 cm³/mol. The Labute approximate surface area is 120 Å². The third kappa shape index (κ3) is 3.52. The highest BCUT2D eigenvalue weighted by molar-refractivity contribution is 5.81. The lowest BCUT2D eigenvalue weighted by Gasteiger charge is -2.21. The summed E-state index contributed by atoms with van der Waals surface area (Å²) in [6, 6.07) is 2.17. The van der Waals surface area contributed by atoms with Crippen LogP contribution in [0.15, 0.2) is 12.1 Å². The molecule has 0 aliphatic carbocycles. The minimum Gasteiger partial charge on any atom is -0.454 e. The van der Waals surface area contributed by atoms with Gasteiger partial charge in [-0.3, -0.25) is 4.79 Å². The SMILES string of the molecule is C[C@@H](N)C(=O)N(C)Cc1cc2c(cc1OC(F)F)OCO2. The lowest BCUT2D eigenvalue weighted by Crippen LogP contribution is -2.39. The van der Waals surface area contributed by atoms with Gasteiger partial charge in [0, 0.05) is 25.2 Å². The quantitative estimate of drug-likeness (QED) is 0.888. The van der Waals surface area contributed by atoms with E-state index in [2.05, 4.69) is 4.74 Å². The first-order chi connectivity index (χ1) is 9.88. The number of likely N-dealkylation sites (N-methyl/N-ethyl adjacent to an activating group) is 1.